The van der Waals surface area contributed by atoms with Crippen molar-refractivity contribution >= 4 is 6.20 Å². The second-order valence-electron chi connectivity index (χ2n) is 4.62. The molecule has 1 atom stereocenters. The first kappa shape index (κ1) is 12.0. The lowest BCUT2D eigenvalue weighted by Gasteiger charge is -2.26. The molecule has 2 aromatic rings. The molecule has 0 bridgehead atoms. The van der Waals surface area contributed by atoms with Crippen molar-refractivity contribution in [3.8, 4) is 5.75 Å². The van der Waals surface area contributed by atoms with Crippen molar-refractivity contribution < 1.29 is 4.74 Å². The van der Waals surface area contributed by atoms with Crippen LogP contribution in [0.4, 0.5) is 0 Å². The number of rotatable bonds is 4. The largest absolute Gasteiger partial charge is 0.493 e. The zero-order valence-electron chi connectivity index (χ0n) is 10.7. The molecule has 0 amide bonds. The van der Waals surface area contributed by atoms with Crippen molar-refractivity contribution in [3.63, 3.8) is 0 Å². The second kappa shape index (κ2) is 5.28. The van der Waals surface area contributed by atoms with Gasteiger partial charge in [0.25, 0.3) is 0 Å². The van der Waals surface area contributed by atoms with Gasteiger partial charge in [-0.05, 0) is 6.07 Å². The second-order valence-corrected chi connectivity index (χ2v) is 4.62. The lowest BCUT2D eigenvalue weighted by atomic mass is 10.0. The molecule has 4 heteroatoms. The van der Waals surface area contributed by atoms with E-state index in [9.17, 15) is 0 Å². The molecule has 19 heavy (non-hydrogen) atoms. The summed E-state index contributed by atoms with van der Waals surface area (Å²) < 4.78 is 7.37. The summed E-state index contributed by atoms with van der Waals surface area (Å²) in [6.07, 6.45) is 6.52. The van der Waals surface area contributed by atoms with Crippen LogP contribution in [0.15, 0.2) is 43.2 Å². The molecular weight excluding hydrogens is 238 g/mol. The summed E-state index contributed by atoms with van der Waals surface area (Å²) in [5.74, 6) is 0.994. The molecule has 98 valence electrons. The zero-order valence-corrected chi connectivity index (χ0v) is 10.7. The Bertz CT molecular complexity index is 576. The third kappa shape index (κ3) is 2.53. The first-order valence-electron chi connectivity index (χ1n) is 6.47. The van der Waals surface area contributed by atoms with Crippen LogP contribution >= 0.6 is 0 Å². The molecule has 2 heterocycles. The first-order chi connectivity index (χ1) is 9.36. The highest BCUT2D eigenvalue weighted by Crippen LogP contribution is 2.31. The van der Waals surface area contributed by atoms with Crippen LogP contribution in [-0.2, 0) is 6.54 Å². The lowest BCUT2D eigenvalue weighted by Crippen LogP contribution is -2.26. The number of para-hydroxylation sites is 1. The van der Waals surface area contributed by atoms with Crippen molar-refractivity contribution in [2.75, 3.05) is 6.61 Å². The molecular formula is C15H17N3O. The number of hydrogen-bond donors (Lipinski definition) is 1. The number of nitrogens with zero attached hydrogens (tertiary/aromatic N) is 2. The summed E-state index contributed by atoms with van der Waals surface area (Å²) in [4.78, 5) is 0. The molecule has 1 aromatic carbocycles. The highest BCUT2D eigenvalue weighted by molar-refractivity contribution is 5.37. The standard InChI is InChI=1S/C15H17N3O/c1-2-18-11-12(10-17-18)9-16-14-7-8-19-15-6-4-3-5-13(14)15/h2-6,10-11,14,16H,1,7-9H2. The minimum Gasteiger partial charge on any atom is -0.493 e. The molecule has 1 N–H and O–H groups in total. The number of nitrogens with one attached hydrogen (secondary N) is 1. The van der Waals surface area contributed by atoms with Crippen LogP contribution in [0.25, 0.3) is 6.20 Å². The number of fused-ring (bicyclic) bond motifs is 1. The average molecular weight is 255 g/mol. The lowest BCUT2D eigenvalue weighted by molar-refractivity contribution is 0.252. The smallest absolute Gasteiger partial charge is 0.124 e. The van der Waals surface area contributed by atoms with E-state index < -0.39 is 0 Å². The summed E-state index contributed by atoms with van der Waals surface area (Å²) in [5.41, 5.74) is 2.40. The molecule has 1 aliphatic heterocycles. The maximum absolute atomic E-state index is 5.66. The van der Waals surface area contributed by atoms with Crippen LogP contribution < -0.4 is 10.1 Å². The predicted octanol–water partition coefficient (Wildman–Crippen LogP) is 2.60. The first-order valence-corrected chi connectivity index (χ1v) is 6.47. The van der Waals surface area contributed by atoms with Crippen molar-refractivity contribution in [2.24, 2.45) is 0 Å². The van der Waals surface area contributed by atoms with E-state index in [0.717, 1.165) is 30.9 Å². The molecule has 3 rings (SSSR count). The van der Waals surface area contributed by atoms with Gasteiger partial charge >= 0.3 is 0 Å². The third-order valence-electron chi connectivity index (χ3n) is 3.35. The Morgan fingerprint density at radius 3 is 3.21 bits per heavy atom. The summed E-state index contributed by atoms with van der Waals surface area (Å²) >= 11 is 0. The quantitative estimate of drug-likeness (QED) is 0.912. The van der Waals surface area contributed by atoms with Gasteiger partial charge in [-0.1, -0.05) is 24.8 Å². The molecule has 0 saturated heterocycles. The topological polar surface area (TPSA) is 39.1 Å². The number of ether oxygens (including phenoxy) is 1. The van der Waals surface area contributed by atoms with Crippen LogP contribution in [0, 0.1) is 0 Å². The van der Waals surface area contributed by atoms with Crippen molar-refractivity contribution in [3.05, 3.63) is 54.4 Å². The Kier molecular flexibility index (Phi) is 3.33. The van der Waals surface area contributed by atoms with Gasteiger partial charge in [0, 0.05) is 42.5 Å². The minimum atomic E-state index is 0.344. The number of aromatic nitrogens is 2. The molecule has 0 saturated carbocycles. The van der Waals surface area contributed by atoms with E-state index in [1.54, 1.807) is 10.9 Å². The molecule has 0 aliphatic carbocycles. The molecule has 1 aromatic heterocycles. The van der Waals surface area contributed by atoms with E-state index in [1.807, 2.05) is 24.5 Å². The zero-order chi connectivity index (χ0) is 13.1. The van der Waals surface area contributed by atoms with Gasteiger partial charge in [-0.25, -0.2) is 4.68 Å². The molecule has 1 unspecified atom stereocenters. The summed E-state index contributed by atoms with van der Waals surface area (Å²) in [6.45, 7) is 5.25. The molecule has 1 aliphatic rings. The molecule has 0 spiro atoms. The minimum absolute atomic E-state index is 0.344. The van der Waals surface area contributed by atoms with Gasteiger partial charge in [0.2, 0.25) is 0 Å². The van der Waals surface area contributed by atoms with E-state index in [2.05, 4.69) is 29.1 Å². The maximum Gasteiger partial charge on any atom is 0.124 e. The van der Waals surface area contributed by atoms with Gasteiger partial charge in [0.1, 0.15) is 5.75 Å². The van der Waals surface area contributed by atoms with E-state index in [1.165, 1.54) is 5.56 Å². The summed E-state index contributed by atoms with van der Waals surface area (Å²) in [7, 11) is 0. The Morgan fingerprint density at radius 2 is 2.37 bits per heavy atom. The van der Waals surface area contributed by atoms with Gasteiger partial charge in [-0.3, -0.25) is 0 Å². The van der Waals surface area contributed by atoms with Gasteiger partial charge in [-0.15, -0.1) is 0 Å². The fourth-order valence-electron chi connectivity index (χ4n) is 2.36. The van der Waals surface area contributed by atoms with Gasteiger partial charge in [0.05, 0.1) is 12.8 Å². The highest BCUT2D eigenvalue weighted by Gasteiger charge is 2.20. The van der Waals surface area contributed by atoms with E-state index >= 15 is 0 Å². The van der Waals surface area contributed by atoms with Crippen LogP contribution in [-0.4, -0.2) is 16.4 Å². The number of hydrogen-bond acceptors (Lipinski definition) is 3. The van der Waals surface area contributed by atoms with E-state index in [0.29, 0.717) is 6.04 Å². The van der Waals surface area contributed by atoms with Crippen LogP contribution in [0.3, 0.4) is 0 Å². The monoisotopic (exact) mass is 255 g/mol. The Hall–Kier alpha value is -2.07. The van der Waals surface area contributed by atoms with Crippen LogP contribution in [0.5, 0.6) is 5.75 Å². The van der Waals surface area contributed by atoms with Crippen LogP contribution in [0.2, 0.25) is 0 Å². The summed E-state index contributed by atoms with van der Waals surface area (Å²) in [5, 5.41) is 7.74. The van der Waals surface area contributed by atoms with Crippen molar-refractivity contribution in [2.45, 2.75) is 19.0 Å². The fourth-order valence-corrected chi connectivity index (χ4v) is 2.36. The van der Waals surface area contributed by atoms with Crippen LogP contribution in [0.1, 0.15) is 23.6 Å². The Morgan fingerprint density at radius 1 is 1.47 bits per heavy atom. The van der Waals surface area contributed by atoms with E-state index in [4.69, 9.17) is 4.74 Å². The van der Waals surface area contributed by atoms with E-state index in [-0.39, 0.29) is 0 Å². The third-order valence-corrected chi connectivity index (χ3v) is 3.35. The fraction of sp³-hybridized carbons (Fsp3) is 0.267. The Balaban J connectivity index is 1.69. The van der Waals surface area contributed by atoms with Crippen molar-refractivity contribution in [1.82, 2.24) is 15.1 Å². The normalized spacial score (nSPS) is 17.6. The van der Waals surface area contributed by atoms with Gasteiger partial charge in [0.15, 0.2) is 0 Å². The SMILES string of the molecule is C=Cn1cc(CNC2CCOc3ccccc32)cn1. The summed E-state index contributed by atoms with van der Waals surface area (Å²) in [6, 6.07) is 8.56. The van der Waals surface area contributed by atoms with Gasteiger partial charge in [-0.2, -0.15) is 5.10 Å². The average Bonchev–Trinajstić information content (AvgIpc) is 2.93. The molecule has 0 radical (unpaired) electrons. The predicted molar refractivity (Wildman–Crippen MR) is 74.7 cm³/mol. The number of benzene rings is 1. The van der Waals surface area contributed by atoms with Crippen molar-refractivity contribution in [1.29, 1.82) is 0 Å². The maximum atomic E-state index is 5.66. The molecule has 4 nitrogen and oxygen atoms in total. The molecule has 0 fully saturated rings. The van der Waals surface area contributed by atoms with Gasteiger partial charge < -0.3 is 10.1 Å². The Labute approximate surface area is 112 Å². The highest BCUT2D eigenvalue weighted by atomic mass is 16.5.